The van der Waals surface area contributed by atoms with E-state index in [2.05, 4.69) is 43.4 Å². The van der Waals surface area contributed by atoms with Gasteiger partial charge in [-0.3, -0.25) is 4.79 Å². The van der Waals surface area contributed by atoms with E-state index in [4.69, 9.17) is 9.47 Å². The fourth-order valence-electron chi connectivity index (χ4n) is 4.13. The summed E-state index contributed by atoms with van der Waals surface area (Å²) in [6.45, 7) is 4.97. The van der Waals surface area contributed by atoms with Crippen molar-refractivity contribution in [2.45, 2.75) is 148 Å². The van der Waals surface area contributed by atoms with Gasteiger partial charge in [0.25, 0.3) is 0 Å². The van der Waals surface area contributed by atoms with Gasteiger partial charge in [0.15, 0.2) is 0 Å². The second-order valence-corrected chi connectivity index (χ2v) is 10.2. The minimum atomic E-state index is -0.529. The SMILES string of the molecule is CCCCCCC/C=C\C/C=C\C/C=C\CCCCCCCCCCCOCC(CO)OC(=O)CCC. The minimum Gasteiger partial charge on any atom is -0.457 e. The van der Waals surface area contributed by atoms with Crippen LogP contribution in [0.4, 0.5) is 0 Å². The summed E-state index contributed by atoms with van der Waals surface area (Å²) in [5.41, 5.74) is 0. The number of hydrogen-bond acceptors (Lipinski definition) is 4. The molecule has 0 rings (SSSR count). The number of hydrogen-bond donors (Lipinski definition) is 1. The van der Waals surface area contributed by atoms with Crippen LogP contribution in [0, 0.1) is 0 Å². The Morgan fingerprint density at radius 2 is 1.14 bits per heavy atom. The molecule has 4 nitrogen and oxygen atoms in total. The molecule has 0 bridgehead atoms. The fraction of sp³-hybridized carbons (Fsp3) is 0.788. The van der Waals surface area contributed by atoms with Gasteiger partial charge in [-0.2, -0.15) is 0 Å². The quantitative estimate of drug-likeness (QED) is 0.0634. The van der Waals surface area contributed by atoms with Crippen molar-refractivity contribution in [3.05, 3.63) is 36.5 Å². The second-order valence-electron chi connectivity index (χ2n) is 10.2. The van der Waals surface area contributed by atoms with Crippen molar-refractivity contribution in [2.75, 3.05) is 19.8 Å². The predicted molar refractivity (Wildman–Crippen MR) is 159 cm³/mol. The third kappa shape index (κ3) is 29.0. The van der Waals surface area contributed by atoms with Gasteiger partial charge in [0.05, 0.1) is 13.2 Å². The van der Waals surface area contributed by atoms with Crippen molar-refractivity contribution in [3.8, 4) is 0 Å². The van der Waals surface area contributed by atoms with E-state index < -0.39 is 6.10 Å². The Labute approximate surface area is 230 Å². The first-order chi connectivity index (χ1) is 18.2. The van der Waals surface area contributed by atoms with Gasteiger partial charge < -0.3 is 14.6 Å². The molecule has 0 heterocycles. The van der Waals surface area contributed by atoms with Gasteiger partial charge >= 0.3 is 5.97 Å². The molecule has 0 aromatic heterocycles. The molecule has 216 valence electrons. The predicted octanol–water partition coefficient (Wildman–Crippen LogP) is 9.42. The zero-order valence-electron chi connectivity index (χ0n) is 24.5. The number of ether oxygens (including phenoxy) is 2. The molecule has 0 saturated carbocycles. The van der Waals surface area contributed by atoms with E-state index >= 15 is 0 Å². The number of aliphatic hydroxyl groups is 1. The summed E-state index contributed by atoms with van der Waals surface area (Å²) in [5, 5.41) is 9.27. The molecule has 37 heavy (non-hydrogen) atoms. The van der Waals surface area contributed by atoms with E-state index in [-0.39, 0.29) is 19.2 Å². The van der Waals surface area contributed by atoms with Crippen LogP contribution in [0.3, 0.4) is 0 Å². The largest absolute Gasteiger partial charge is 0.457 e. The highest BCUT2D eigenvalue weighted by atomic mass is 16.6. The molecule has 0 aliphatic heterocycles. The van der Waals surface area contributed by atoms with Gasteiger partial charge in [0, 0.05) is 13.0 Å². The van der Waals surface area contributed by atoms with Crippen LogP contribution in [-0.2, 0) is 14.3 Å². The lowest BCUT2D eigenvalue weighted by atomic mass is 10.1. The van der Waals surface area contributed by atoms with Crippen LogP contribution in [0.5, 0.6) is 0 Å². The number of carbonyl (C=O) groups is 1. The Morgan fingerprint density at radius 1 is 0.649 bits per heavy atom. The van der Waals surface area contributed by atoms with E-state index in [9.17, 15) is 9.90 Å². The highest BCUT2D eigenvalue weighted by Gasteiger charge is 2.12. The summed E-state index contributed by atoms with van der Waals surface area (Å²) in [5.74, 6) is -0.258. The summed E-state index contributed by atoms with van der Waals surface area (Å²) in [4.78, 5) is 11.5. The molecule has 1 unspecified atom stereocenters. The van der Waals surface area contributed by atoms with Gasteiger partial charge in [-0.15, -0.1) is 0 Å². The highest BCUT2D eigenvalue weighted by Crippen LogP contribution is 2.11. The Hall–Kier alpha value is -1.39. The number of esters is 1. The molecule has 0 amide bonds. The van der Waals surface area contributed by atoms with Gasteiger partial charge in [-0.1, -0.05) is 121 Å². The Bertz CT molecular complexity index is 553. The smallest absolute Gasteiger partial charge is 0.306 e. The minimum absolute atomic E-state index is 0.180. The average molecular weight is 521 g/mol. The lowest BCUT2D eigenvalue weighted by Crippen LogP contribution is -2.27. The molecule has 4 heteroatoms. The normalized spacial score (nSPS) is 12.8. The van der Waals surface area contributed by atoms with Crippen molar-refractivity contribution in [2.24, 2.45) is 0 Å². The second kappa shape index (κ2) is 30.8. The highest BCUT2D eigenvalue weighted by molar-refractivity contribution is 5.69. The maximum Gasteiger partial charge on any atom is 0.306 e. The first-order valence-corrected chi connectivity index (χ1v) is 15.6. The van der Waals surface area contributed by atoms with Crippen LogP contribution in [0.15, 0.2) is 36.5 Å². The molecular weight excluding hydrogens is 460 g/mol. The van der Waals surface area contributed by atoms with Crippen LogP contribution in [0.2, 0.25) is 0 Å². The summed E-state index contributed by atoms with van der Waals surface area (Å²) < 4.78 is 10.7. The van der Waals surface area contributed by atoms with Crippen molar-refractivity contribution in [1.29, 1.82) is 0 Å². The topological polar surface area (TPSA) is 55.8 Å². The summed E-state index contributed by atoms with van der Waals surface area (Å²) in [6, 6.07) is 0. The molecule has 0 aromatic carbocycles. The average Bonchev–Trinajstić information content (AvgIpc) is 2.90. The zero-order valence-corrected chi connectivity index (χ0v) is 24.5. The molecule has 0 aliphatic rings. The Kier molecular flexibility index (Phi) is 29.7. The van der Waals surface area contributed by atoms with Gasteiger partial charge in [0.2, 0.25) is 0 Å². The Balaban J connectivity index is 3.34. The number of unbranched alkanes of at least 4 members (excludes halogenated alkanes) is 14. The van der Waals surface area contributed by atoms with Crippen molar-refractivity contribution < 1.29 is 19.4 Å². The van der Waals surface area contributed by atoms with Crippen molar-refractivity contribution in [3.63, 3.8) is 0 Å². The maximum absolute atomic E-state index is 11.5. The fourth-order valence-corrected chi connectivity index (χ4v) is 4.13. The zero-order chi connectivity index (χ0) is 27.1. The Morgan fingerprint density at radius 3 is 1.65 bits per heavy atom. The summed E-state index contributed by atoms with van der Waals surface area (Å²) in [7, 11) is 0. The van der Waals surface area contributed by atoms with Gasteiger partial charge in [0.1, 0.15) is 6.10 Å². The molecule has 1 N–H and O–H groups in total. The van der Waals surface area contributed by atoms with Crippen LogP contribution >= 0.6 is 0 Å². The lowest BCUT2D eigenvalue weighted by molar-refractivity contribution is -0.154. The van der Waals surface area contributed by atoms with E-state index in [0.29, 0.717) is 13.0 Å². The lowest BCUT2D eigenvalue weighted by Gasteiger charge is -2.15. The third-order valence-electron chi connectivity index (χ3n) is 6.44. The molecular formula is C33H60O4. The van der Waals surface area contributed by atoms with Crippen LogP contribution < -0.4 is 0 Å². The van der Waals surface area contributed by atoms with E-state index in [1.807, 2.05) is 6.92 Å². The first-order valence-electron chi connectivity index (χ1n) is 15.6. The number of rotatable bonds is 28. The monoisotopic (exact) mass is 520 g/mol. The standard InChI is InChI=1S/C33H60O4/c1-3-5-6-7-8-9-10-11-12-13-14-15-16-17-18-19-20-21-22-23-24-25-26-27-29-36-31-32(30-34)37-33(35)28-4-2/h10-11,13-14,16-17,32,34H,3-9,12,15,18-31H2,1-2H3/b11-10-,14-13-,17-16-. The summed E-state index contributed by atoms with van der Waals surface area (Å²) in [6.07, 6.45) is 37.3. The van der Waals surface area contributed by atoms with E-state index in [1.165, 1.54) is 96.3 Å². The molecule has 0 radical (unpaired) electrons. The number of aliphatic hydroxyl groups excluding tert-OH is 1. The van der Waals surface area contributed by atoms with Gasteiger partial charge in [-0.05, 0) is 51.4 Å². The molecule has 0 spiro atoms. The molecule has 0 aliphatic carbocycles. The molecule has 1 atom stereocenters. The van der Waals surface area contributed by atoms with Crippen molar-refractivity contribution >= 4 is 5.97 Å². The number of carbonyl (C=O) groups excluding carboxylic acids is 1. The maximum atomic E-state index is 11.5. The molecule has 0 fully saturated rings. The first kappa shape index (κ1) is 35.6. The van der Waals surface area contributed by atoms with Crippen LogP contribution in [-0.4, -0.2) is 37.0 Å². The van der Waals surface area contributed by atoms with Crippen LogP contribution in [0.1, 0.15) is 142 Å². The van der Waals surface area contributed by atoms with E-state index in [1.54, 1.807) is 0 Å². The molecule has 0 aromatic rings. The van der Waals surface area contributed by atoms with Crippen molar-refractivity contribution in [1.82, 2.24) is 0 Å². The van der Waals surface area contributed by atoms with Gasteiger partial charge in [-0.25, -0.2) is 0 Å². The number of allylic oxidation sites excluding steroid dienone is 6. The van der Waals surface area contributed by atoms with E-state index in [0.717, 1.165) is 25.7 Å². The molecule has 0 saturated heterocycles. The third-order valence-corrected chi connectivity index (χ3v) is 6.44. The van der Waals surface area contributed by atoms with Crippen LogP contribution in [0.25, 0.3) is 0 Å². The summed E-state index contributed by atoms with van der Waals surface area (Å²) >= 11 is 0.